The molecule has 0 saturated heterocycles. The van der Waals surface area contributed by atoms with Crippen LogP contribution in [0.25, 0.3) is 0 Å². The van der Waals surface area contributed by atoms with E-state index in [1.807, 2.05) is 0 Å². The van der Waals surface area contributed by atoms with Crippen molar-refractivity contribution in [1.29, 1.82) is 0 Å². The summed E-state index contributed by atoms with van der Waals surface area (Å²) in [6, 6.07) is 19.2. The molecule has 33 heavy (non-hydrogen) atoms. The molecule has 0 bridgehead atoms. The Morgan fingerprint density at radius 3 is 2.12 bits per heavy atom. The van der Waals surface area contributed by atoms with Crippen LogP contribution in [0.4, 0.5) is 5.69 Å². The smallest absolute Gasteiger partial charge is 0.264 e. The van der Waals surface area contributed by atoms with Gasteiger partial charge in [-0.05, 0) is 60.2 Å². The van der Waals surface area contributed by atoms with Crippen molar-refractivity contribution in [3.63, 3.8) is 0 Å². The normalized spacial score (nSPS) is 12.0. The second-order valence-corrected chi connectivity index (χ2v) is 9.17. The number of amides is 1. The summed E-state index contributed by atoms with van der Waals surface area (Å²) in [6.07, 6.45) is -0.923. The molecule has 0 radical (unpaired) electrons. The Kier molecular flexibility index (Phi) is 7.57. The maximum Gasteiger partial charge on any atom is 0.264 e. The van der Waals surface area contributed by atoms with Crippen molar-refractivity contribution in [3.05, 3.63) is 83.9 Å². The first kappa shape index (κ1) is 24.1. The zero-order valence-electron chi connectivity index (χ0n) is 18.6. The lowest BCUT2D eigenvalue weighted by Crippen LogP contribution is -2.29. The molecule has 0 saturated carbocycles. The summed E-state index contributed by atoms with van der Waals surface area (Å²) in [5.74, 6) is 0.777. The van der Waals surface area contributed by atoms with Gasteiger partial charge in [-0.15, -0.1) is 0 Å². The fraction of sp³-hybridized carbons (Fsp3) is 0.208. The Bertz CT molecular complexity index is 1190. The molecular weight excluding hydrogens is 444 g/mol. The number of rotatable bonds is 9. The van der Waals surface area contributed by atoms with Crippen LogP contribution in [-0.4, -0.2) is 47.2 Å². The highest BCUT2D eigenvalue weighted by molar-refractivity contribution is 7.92. The molecule has 2 N–H and O–H groups in total. The molecule has 0 aromatic heterocycles. The number of hydrogen-bond acceptors (Lipinski definition) is 6. The number of benzene rings is 3. The monoisotopic (exact) mass is 470 g/mol. The van der Waals surface area contributed by atoms with Crippen molar-refractivity contribution in [2.24, 2.45) is 0 Å². The third-order valence-corrected chi connectivity index (χ3v) is 6.93. The van der Waals surface area contributed by atoms with E-state index in [1.54, 1.807) is 55.6 Å². The number of nitrogens with one attached hydrogen (secondary N) is 1. The highest BCUT2D eigenvalue weighted by Gasteiger charge is 2.23. The van der Waals surface area contributed by atoms with Gasteiger partial charge in [-0.2, -0.15) is 0 Å². The summed E-state index contributed by atoms with van der Waals surface area (Å²) in [5, 5.41) is 13.0. The van der Waals surface area contributed by atoms with Gasteiger partial charge in [0.25, 0.3) is 15.9 Å². The molecule has 1 amide bonds. The van der Waals surface area contributed by atoms with Gasteiger partial charge in [-0.25, -0.2) is 8.42 Å². The Morgan fingerprint density at radius 2 is 1.55 bits per heavy atom. The third-order valence-electron chi connectivity index (χ3n) is 5.15. The maximum atomic E-state index is 13.1. The quantitative estimate of drug-likeness (QED) is 0.498. The molecule has 0 aliphatic carbocycles. The number of anilines is 1. The lowest BCUT2D eigenvalue weighted by molar-refractivity contribution is 0.0916. The van der Waals surface area contributed by atoms with Crippen molar-refractivity contribution >= 4 is 21.6 Å². The van der Waals surface area contributed by atoms with Crippen molar-refractivity contribution in [3.8, 4) is 11.5 Å². The van der Waals surface area contributed by atoms with Crippen LogP contribution in [0.5, 0.6) is 11.5 Å². The Hall–Kier alpha value is -3.56. The molecule has 174 valence electrons. The van der Waals surface area contributed by atoms with Crippen LogP contribution in [0, 0.1) is 0 Å². The number of aliphatic hydroxyl groups is 1. The van der Waals surface area contributed by atoms with Crippen LogP contribution >= 0.6 is 0 Å². The molecular formula is C24H26N2O6S. The highest BCUT2D eigenvalue weighted by atomic mass is 32.2. The third kappa shape index (κ3) is 5.63. The first-order valence-corrected chi connectivity index (χ1v) is 11.5. The zero-order valence-corrected chi connectivity index (χ0v) is 19.4. The fourth-order valence-corrected chi connectivity index (χ4v) is 4.36. The molecule has 0 fully saturated rings. The molecule has 3 aromatic rings. The van der Waals surface area contributed by atoms with Crippen molar-refractivity contribution in [2.75, 3.05) is 32.1 Å². The van der Waals surface area contributed by atoms with Gasteiger partial charge >= 0.3 is 0 Å². The van der Waals surface area contributed by atoms with Gasteiger partial charge in [0, 0.05) is 19.2 Å². The van der Waals surface area contributed by atoms with Crippen molar-refractivity contribution < 1.29 is 27.8 Å². The predicted molar refractivity (Wildman–Crippen MR) is 125 cm³/mol. The largest absolute Gasteiger partial charge is 0.497 e. The predicted octanol–water partition coefficient (Wildman–Crippen LogP) is 2.99. The Morgan fingerprint density at radius 1 is 0.970 bits per heavy atom. The average molecular weight is 471 g/mol. The number of carbonyl (C=O) groups is 1. The number of nitrogens with zero attached hydrogens (tertiary/aromatic N) is 1. The molecule has 1 unspecified atom stereocenters. The minimum absolute atomic E-state index is 0.0239. The summed E-state index contributed by atoms with van der Waals surface area (Å²) in [7, 11) is 0.622. The number of hydrogen-bond donors (Lipinski definition) is 2. The second-order valence-electron chi connectivity index (χ2n) is 7.20. The van der Waals surface area contributed by atoms with E-state index in [1.165, 1.54) is 38.4 Å². The van der Waals surface area contributed by atoms with Crippen LogP contribution in [0.15, 0.2) is 77.7 Å². The van der Waals surface area contributed by atoms with Gasteiger partial charge in [0.15, 0.2) is 0 Å². The number of sulfonamides is 1. The molecule has 0 heterocycles. The van der Waals surface area contributed by atoms with Gasteiger partial charge in [-0.1, -0.05) is 18.2 Å². The second kappa shape index (κ2) is 10.4. The van der Waals surface area contributed by atoms with Gasteiger partial charge in [0.05, 0.1) is 30.9 Å². The minimum atomic E-state index is -3.90. The summed E-state index contributed by atoms with van der Waals surface area (Å²) >= 11 is 0. The standard InChI is InChI=1S/C24H26N2O6S/c1-26(19-9-13-21(32-3)14-10-19)33(29,30)22-6-4-5-18(15-22)24(28)25-16-23(27)17-7-11-20(31-2)12-8-17/h4-15,23,27H,16H2,1-3H3,(H,25,28). The van der Waals surface area contributed by atoms with Crippen LogP contribution in [0.3, 0.4) is 0 Å². The summed E-state index contributed by atoms with van der Waals surface area (Å²) < 4.78 is 37.5. The van der Waals surface area contributed by atoms with Gasteiger partial charge in [-0.3, -0.25) is 9.10 Å². The van der Waals surface area contributed by atoms with E-state index in [0.717, 1.165) is 4.31 Å². The summed E-state index contributed by atoms with van der Waals surface area (Å²) in [6.45, 7) is -0.0338. The van der Waals surface area contributed by atoms with Gasteiger partial charge in [0.1, 0.15) is 11.5 Å². The van der Waals surface area contributed by atoms with E-state index in [0.29, 0.717) is 22.7 Å². The van der Waals surface area contributed by atoms with E-state index in [2.05, 4.69) is 5.32 Å². The number of aliphatic hydroxyl groups excluding tert-OH is 1. The summed E-state index contributed by atoms with van der Waals surface area (Å²) in [4.78, 5) is 12.6. The summed E-state index contributed by atoms with van der Waals surface area (Å²) in [5.41, 5.74) is 1.24. The number of methoxy groups -OCH3 is 2. The van der Waals surface area contributed by atoms with Crippen molar-refractivity contribution in [1.82, 2.24) is 5.32 Å². The molecule has 8 nitrogen and oxygen atoms in total. The first-order chi connectivity index (χ1) is 15.8. The van der Waals surface area contributed by atoms with E-state index in [-0.39, 0.29) is 17.0 Å². The van der Waals surface area contributed by atoms with Gasteiger partial charge < -0.3 is 19.9 Å². The Labute approximate surface area is 193 Å². The van der Waals surface area contributed by atoms with Gasteiger partial charge in [0.2, 0.25) is 0 Å². The van der Waals surface area contributed by atoms with E-state index >= 15 is 0 Å². The fourth-order valence-electron chi connectivity index (χ4n) is 3.12. The van der Waals surface area contributed by atoms with E-state index < -0.39 is 22.0 Å². The zero-order chi connectivity index (χ0) is 24.0. The minimum Gasteiger partial charge on any atom is -0.497 e. The van der Waals surface area contributed by atoms with Crippen LogP contribution in [-0.2, 0) is 10.0 Å². The van der Waals surface area contributed by atoms with Crippen LogP contribution in [0.2, 0.25) is 0 Å². The first-order valence-electron chi connectivity index (χ1n) is 10.1. The van der Waals surface area contributed by atoms with E-state index in [9.17, 15) is 18.3 Å². The lowest BCUT2D eigenvalue weighted by atomic mass is 10.1. The van der Waals surface area contributed by atoms with Crippen LogP contribution < -0.4 is 19.1 Å². The highest BCUT2D eigenvalue weighted by Crippen LogP contribution is 2.25. The molecule has 9 heteroatoms. The molecule has 0 spiro atoms. The van der Waals surface area contributed by atoms with E-state index in [4.69, 9.17) is 9.47 Å². The molecule has 3 rings (SSSR count). The molecule has 0 aliphatic heterocycles. The van der Waals surface area contributed by atoms with Crippen molar-refractivity contribution in [2.45, 2.75) is 11.0 Å². The Balaban J connectivity index is 1.71. The van der Waals surface area contributed by atoms with Crippen LogP contribution in [0.1, 0.15) is 22.0 Å². The number of carbonyl (C=O) groups excluding carboxylic acids is 1. The molecule has 1 atom stereocenters. The topological polar surface area (TPSA) is 105 Å². The maximum absolute atomic E-state index is 13.1. The SMILES string of the molecule is COc1ccc(C(O)CNC(=O)c2cccc(S(=O)(=O)N(C)c3ccc(OC)cc3)c2)cc1. The molecule has 3 aromatic carbocycles. The number of ether oxygens (including phenoxy) is 2. The molecule has 0 aliphatic rings. The average Bonchev–Trinajstić information content (AvgIpc) is 2.86. The lowest BCUT2D eigenvalue weighted by Gasteiger charge is -2.20.